The molecule has 2 aromatic heterocycles. The van der Waals surface area contributed by atoms with Gasteiger partial charge in [0.1, 0.15) is 46.0 Å². The van der Waals surface area contributed by atoms with E-state index in [1.54, 1.807) is 40.2 Å². The number of nitrogens with zero attached hydrogens (tertiary/aromatic N) is 5. The molecule has 1 unspecified atom stereocenters. The van der Waals surface area contributed by atoms with Crippen LogP contribution < -0.4 is 20.4 Å². The molecule has 2 fully saturated rings. The van der Waals surface area contributed by atoms with E-state index < -0.39 is 59.6 Å². The fourth-order valence-corrected chi connectivity index (χ4v) is 8.49. The molecule has 4 bridgehead atoms. The molecule has 3 aliphatic rings. The molecule has 61 heavy (non-hydrogen) atoms. The average molecular weight is 864 g/mol. The second-order valence-corrected chi connectivity index (χ2v) is 17.0. The van der Waals surface area contributed by atoms with Crippen LogP contribution in [0.5, 0.6) is 5.75 Å². The van der Waals surface area contributed by atoms with Crippen LogP contribution in [0.2, 0.25) is 5.02 Å². The third kappa shape index (κ3) is 10.0. The summed E-state index contributed by atoms with van der Waals surface area (Å²) in [5.41, 5.74) is 4.21. The van der Waals surface area contributed by atoms with Crippen molar-refractivity contribution in [3.63, 3.8) is 0 Å². The van der Waals surface area contributed by atoms with Gasteiger partial charge in [-0.3, -0.25) is 20.3 Å². The number of rotatable bonds is 10. The number of pyridine rings is 1. The molecule has 3 N–H and O–H groups in total. The maximum absolute atomic E-state index is 14.3. The highest BCUT2D eigenvalue weighted by Gasteiger charge is 2.64. The van der Waals surface area contributed by atoms with Crippen molar-refractivity contribution in [2.75, 3.05) is 40.2 Å². The maximum atomic E-state index is 14.3. The molecule has 6 rings (SSSR count). The smallest absolute Gasteiger partial charge is 0.409 e. The van der Waals surface area contributed by atoms with Crippen LogP contribution in [0.4, 0.5) is 10.5 Å². The van der Waals surface area contributed by atoms with Crippen LogP contribution in [0.25, 0.3) is 11.0 Å². The summed E-state index contributed by atoms with van der Waals surface area (Å²) in [6, 6.07) is 8.47. The van der Waals surface area contributed by atoms with Crippen LogP contribution in [0, 0.1) is 5.92 Å². The number of hydrogen-bond donors (Lipinski definition) is 3. The number of likely N-dealkylation sites (N-methyl/N-ethyl adjacent to an activating group) is 1. The van der Waals surface area contributed by atoms with Gasteiger partial charge in [0.2, 0.25) is 11.8 Å². The zero-order valence-electron chi connectivity index (χ0n) is 36.4. The number of benzene rings is 1. The van der Waals surface area contributed by atoms with Crippen molar-refractivity contribution in [1.29, 1.82) is 0 Å². The Kier molecular flexibility index (Phi) is 13.8. The molecule has 5 heterocycles. The number of carbonyl (C=O) groups is 4. The third-order valence-electron chi connectivity index (χ3n) is 12.2. The summed E-state index contributed by atoms with van der Waals surface area (Å²) in [7, 11) is 8.38. The summed E-state index contributed by atoms with van der Waals surface area (Å²) in [5, 5.41) is 17.2. The molecular formula is C44H58ClN7O9. The minimum absolute atomic E-state index is 0.0611. The lowest BCUT2D eigenvalue weighted by Gasteiger charge is -2.39. The number of carbonyl (C=O) groups excluding carboxylic acids is 4. The monoisotopic (exact) mass is 863 g/mol. The third-order valence-corrected chi connectivity index (χ3v) is 12.6. The molecule has 3 aromatic rings. The van der Waals surface area contributed by atoms with Gasteiger partial charge in [-0.15, -0.1) is 0 Å². The Balaban J connectivity index is 1.26. The summed E-state index contributed by atoms with van der Waals surface area (Å²) < 4.78 is 25.8. The van der Waals surface area contributed by atoms with E-state index in [0.29, 0.717) is 30.9 Å². The Morgan fingerprint density at radius 3 is 2.70 bits per heavy atom. The molecule has 0 radical (unpaired) electrons. The number of esters is 1. The van der Waals surface area contributed by atoms with E-state index in [-0.39, 0.29) is 36.6 Å². The number of epoxide rings is 1. The minimum atomic E-state index is -1.59. The lowest BCUT2D eigenvalue weighted by molar-refractivity contribution is -0.162. The number of alkyl carbamates (subject to hydrolysis) is 1. The predicted octanol–water partition coefficient (Wildman–Crippen LogP) is 4.90. The number of allylic oxidation sites excluding steroid dienone is 3. The van der Waals surface area contributed by atoms with Crippen LogP contribution in [-0.2, 0) is 48.1 Å². The largest absolute Gasteiger partial charge is 0.495 e. The van der Waals surface area contributed by atoms with Gasteiger partial charge in [0.15, 0.2) is 0 Å². The number of aryl methyl sites for hydroxylation is 1. The number of hydrogen-bond acceptors (Lipinski definition) is 12. The number of methoxy groups -OCH3 is 1. The Morgan fingerprint density at radius 1 is 1.23 bits per heavy atom. The molecule has 16 nitrogen and oxygen atoms in total. The maximum Gasteiger partial charge on any atom is 0.409 e. The zero-order chi connectivity index (χ0) is 44.4. The van der Waals surface area contributed by atoms with E-state index in [0.717, 1.165) is 27.9 Å². The SMILES string of the molecule is CNN(C)Cc1cc2cccnc2n1CCC(=O)N(C)[C@@H](C)C(=O)O[C@H]1CC(=O)N(C)c2cc(cc(OC)c2Cl)C/C(C)=C/C=C/C[C@@]2(O)C[C@H](OC(=O)N2)[C@@H](C)C2O[C@]21C. The molecule has 1 aromatic carbocycles. The van der Waals surface area contributed by atoms with Crippen LogP contribution in [0.3, 0.4) is 0 Å². The normalized spacial score (nSPS) is 27.6. The summed E-state index contributed by atoms with van der Waals surface area (Å²) in [6.45, 7) is 7.98. The molecule has 0 saturated carbocycles. The number of anilines is 1. The highest BCUT2D eigenvalue weighted by atomic mass is 35.5. The van der Waals surface area contributed by atoms with Gasteiger partial charge in [-0.2, -0.15) is 0 Å². The first-order valence-corrected chi connectivity index (χ1v) is 20.9. The molecule has 330 valence electrons. The molecule has 3 aliphatic heterocycles. The number of ether oxygens (including phenoxy) is 4. The van der Waals surface area contributed by atoms with Gasteiger partial charge in [-0.25, -0.2) is 19.6 Å². The first-order valence-electron chi connectivity index (χ1n) is 20.5. The van der Waals surface area contributed by atoms with Crippen LogP contribution in [0.1, 0.15) is 64.6 Å². The average Bonchev–Trinajstić information content (AvgIpc) is 3.81. The topological polar surface area (TPSA) is 180 Å². The standard InChI is InChI=1S/C44H58ClN7O9/c1-26-13-10-11-16-44(57)24-34(59-42(56)48-44)27(2)39-43(4,61-39)35(23-37(54)51(8)32-20-29(19-26)21-33(58-9)38(32)45)60-41(55)28(3)50(7)36(53)15-18-52-31(25-49(6)46-5)22-30-14-12-17-47-40(30)52/h10-14,17,20-22,27-28,34-35,39,46,57H,15-16,18-19,23-25H2,1-9H3,(H,48,56)/b11-10+,26-13+/t27-,28+,34+,35+,39?,43+,44-/m1/s1. The number of nitrogens with one attached hydrogen (secondary N) is 2. The van der Waals surface area contributed by atoms with Crippen LogP contribution >= 0.6 is 11.6 Å². The van der Waals surface area contributed by atoms with E-state index in [1.807, 2.05) is 80.0 Å². The molecule has 17 heteroatoms. The van der Waals surface area contributed by atoms with Gasteiger partial charge in [0.05, 0.1) is 31.9 Å². The molecule has 7 atom stereocenters. The van der Waals surface area contributed by atoms with Crippen LogP contribution in [0.15, 0.2) is 60.3 Å². The molecule has 2 saturated heterocycles. The number of aromatic nitrogens is 2. The number of halogens is 1. The van der Waals surface area contributed by atoms with Crippen molar-refractivity contribution in [3.05, 3.63) is 76.6 Å². The molecule has 3 amide bonds. The number of aliphatic hydroxyl groups is 1. The summed E-state index contributed by atoms with van der Waals surface area (Å²) >= 11 is 6.81. The second kappa shape index (κ2) is 18.5. The van der Waals surface area contributed by atoms with Crippen molar-refractivity contribution < 1.29 is 43.2 Å². The minimum Gasteiger partial charge on any atom is -0.495 e. The molecule has 0 aliphatic carbocycles. The Morgan fingerprint density at radius 2 is 1.98 bits per heavy atom. The first-order chi connectivity index (χ1) is 28.9. The summed E-state index contributed by atoms with van der Waals surface area (Å²) in [5.74, 6) is -1.57. The van der Waals surface area contributed by atoms with Crippen molar-refractivity contribution in [2.24, 2.45) is 5.92 Å². The van der Waals surface area contributed by atoms with Gasteiger partial charge in [-0.1, -0.05) is 42.3 Å². The van der Waals surface area contributed by atoms with E-state index in [9.17, 15) is 24.3 Å². The first kappa shape index (κ1) is 45.5. The van der Waals surface area contributed by atoms with Gasteiger partial charge >= 0.3 is 12.1 Å². The van der Waals surface area contributed by atoms with Gasteiger partial charge in [0.25, 0.3) is 0 Å². The Hall–Kier alpha value is -5.00. The lowest BCUT2D eigenvalue weighted by atomic mass is 9.84. The van der Waals surface area contributed by atoms with Crippen molar-refractivity contribution >= 4 is 52.2 Å². The number of amides is 3. The second-order valence-electron chi connectivity index (χ2n) is 16.6. The number of hydrazine groups is 1. The Bertz CT molecular complexity index is 2210. The molecule has 0 spiro atoms. The fourth-order valence-electron chi connectivity index (χ4n) is 8.17. The van der Waals surface area contributed by atoms with Crippen LogP contribution in [-0.4, -0.2) is 119 Å². The lowest BCUT2D eigenvalue weighted by Crippen LogP contribution is -2.57. The highest BCUT2D eigenvalue weighted by Crippen LogP contribution is 2.49. The zero-order valence-corrected chi connectivity index (χ0v) is 37.1. The highest BCUT2D eigenvalue weighted by molar-refractivity contribution is 6.35. The van der Waals surface area contributed by atoms with E-state index in [4.69, 9.17) is 30.5 Å². The predicted molar refractivity (Wildman–Crippen MR) is 230 cm³/mol. The van der Waals surface area contributed by atoms with E-state index in [2.05, 4.69) is 15.7 Å². The number of fused-ring (bicyclic) bond motifs is 6. The molecular weight excluding hydrogens is 806 g/mol. The summed E-state index contributed by atoms with van der Waals surface area (Å²) in [4.78, 5) is 62.2. The van der Waals surface area contributed by atoms with Crippen molar-refractivity contribution in [1.82, 2.24) is 30.2 Å². The van der Waals surface area contributed by atoms with Crippen molar-refractivity contribution in [3.8, 4) is 5.75 Å². The quantitative estimate of drug-likeness (QED) is 0.143. The summed E-state index contributed by atoms with van der Waals surface area (Å²) in [6.07, 6.45) is 4.33. The van der Waals surface area contributed by atoms with E-state index in [1.165, 1.54) is 16.9 Å². The van der Waals surface area contributed by atoms with E-state index >= 15 is 0 Å². The van der Waals surface area contributed by atoms with Crippen molar-refractivity contribution in [2.45, 2.75) is 109 Å². The van der Waals surface area contributed by atoms with Gasteiger partial charge in [-0.05, 0) is 70.1 Å². The Labute approximate surface area is 361 Å². The van der Waals surface area contributed by atoms with Gasteiger partial charge in [0, 0.05) is 70.1 Å². The van der Waals surface area contributed by atoms with Gasteiger partial charge < -0.3 is 38.4 Å². The fraction of sp³-hybridized carbons (Fsp3) is 0.523.